The van der Waals surface area contributed by atoms with Gasteiger partial charge in [0, 0.05) is 11.9 Å². The van der Waals surface area contributed by atoms with Crippen LogP contribution in [0.3, 0.4) is 0 Å². The van der Waals surface area contributed by atoms with Gasteiger partial charge in [-0.15, -0.1) is 0 Å². The molecule has 1 heterocycles. The van der Waals surface area contributed by atoms with Crippen LogP contribution in [0.25, 0.3) is 0 Å². The summed E-state index contributed by atoms with van der Waals surface area (Å²) in [6.07, 6.45) is 4.33. The van der Waals surface area contributed by atoms with E-state index in [0.29, 0.717) is 13.0 Å². The molecule has 0 atom stereocenters. The van der Waals surface area contributed by atoms with E-state index in [-0.39, 0.29) is 0 Å². The van der Waals surface area contributed by atoms with Crippen LogP contribution in [0.2, 0.25) is 0 Å². The van der Waals surface area contributed by atoms with Crippen LogP contribution in [-0.4, -0.2) is 16.2 Å². The van der Waals surface area contributed by atoms with E-state index in [1.54, 1.807) is 6.20 Å². The molecule has 0 spiro atoms. The van der Waals surface area contributed by atoms with Gasteiger partial charge < -0.3 is 5.32 Å². The number of nitrogens with zero attached hydrogens (tertiary/aromatic N) is 2. The predicted molar refractivity (Wildman–Crippen MR) is 65.2 cm³/mol. The molecular formula is C11H10BrN3O. The van der Waals surface area contributed by atoms with Gasteiger partial charge in [0.1, 0.15) is 0 Å². The summed E-state index contributed by atoms with van der Waals surface area (Å²) < 4.78 is 2.80. The highest BCUT2D eigenvalue weighted by molar-refractivity contribution is 9.10. The van der Waals surface area contributed by atoms with E-state index in [1.807, 2.05) is 35.1 Å². The van der Waals surface area contributed by atoms with Crippen molar-refractivity contribution in [3.63, 3.8) is 0 Å². The van der Waals surface area contributed by atoms with Gasteiger partial charge in [-0.25, -0.2) is 0 Å². The van der Waals surface area contributed by atoms with Crippen molar-refractivity contribution >= 4 is 28.0 Å². The zero-order valence-corrected chi connectivity index (χ0v) is 10.0. The molecule has 0 radical (unpaired) electrons. The molecule has 0 aliphatic rings. The summed E-state index contributed by atoms with van der Waals surface area (Å²) in [5.74, 6) is 0. The minimum atomic E-state index is 0.666. The van der Waals surface area contributed by atoms with Gasteiger partial charge in [0.2, 0.25) is 6.41 Å². The maximum atomic E-state index is 10.2. The van der Waals surface area contributed by atoms with Gasteiger partial charge in [-0.2, -0.15) is 5.10 Å². The molecule has 16 heavy (non-hydrogen) atoms. The molecule has 5 heteroatoms. The summed E-state index contributed by atoms with van der Waals surface area (Å²) in [4.78, 5) is 10.2. The van der Waals surface area contributed by atoms with Crippen molar-refractivity contribution in [1.29, 1.82) is 0 Å². The Morgan fingerprint density at radius 3 is 2.69 bits per heavy atom. The number of halogens is 1. The smallest absolute Gasteiger partial charge is 0.211 e. The van der Waals surface area contributed by atoms with Crippen LogP contribution in [0, 0.1) is 0 Å². The lowest BCUT2D eigenvalue weighted by Crippen LogP contribution is -2.00. The first-order chi connectivity index (χ1) is 7.78. The second-order valence-corrected chi connectivity index (χ2v) is 4.23. The zero-order valence-electron chi connectivity index (χ0n) is 8.43. The number of carbonyl (C=O) groups is 1. The Bertz CT molecular complexity index is 478. The third-order valence-corrected chi connectivity index (χ3v) is 2.54. The highest BCUT2D eigenvalue weighted by Crippen LogP contribution is 2.11. The molecule has 0 aliphatic heterocycles. The molecular weight excluding hydrogens is 270 g/mol. The zero-order chi connectivity index (χ0) is 11.4. The Kier molecular flexibility index (Phi) is 3.36. The first-order valence-electron chi connectivity index (χ1n) is 4.75. The number of hydrogen-bond acceptors (Lipinski definition) is 2. The highest BCUT2D eigenvalue weighted by Gasteiger charge is 1.97. The van der Waals surface area contributed by atoms with Gasteiger partial charge in [-0.1, -0.05) is 12.1 Å². The highest BCUT2D eigenvalue weighted by atomic mass is 79.9. The first kappa shape index (κ1) is 10.9. The Morgan fingerprint density at radius 2 is 2.12 bits per heavy atom. The van der Waals surface area contributed by atoms with Gasteiger partial charge in [0.25, 0.3) is 0 Å². The van der Waals surface area contributed by atoms with Crippen LogP contribution < -0.4 is 5.32 Å². The summed E-state index contributed by atoms with van der Waals surface area (Å²) in [7, 11) is 0. The Hall–Kier alpha value is -1.62. The number of carbonyl (C=O) groups excluding carboxylic acids is 1. The maximum absolute atomic E-state index is 10.2. The molecule has 1 aromatic carbocycles. The number of nitrogens with one attached hydrogen (secondary N) is 1. The third kappa shape index (κ3) is 2.70. The van der Waals surface area contributed by atoms with E-state index in [0.717, 1.165) is 15.7 Å². The molecule has 0 unspecified atom stereocenters. The van der Waals surface area contributed by atoms with Crippen molar-refractivity contribution in [3.8, 4) is 0 Å². The lowest BCUT2D eigenvalue weighted by Gasteiger charge is -2.03. The molecule has 0 bridgehead atoms. The van der Waals surface area contributed by atoms with Crippen molar-refractivity contribution in [3.05, 3.63) is 46.7 Å². The summed E-state index contributed by atoms with van der Waals surface area (Å²) >= 11 is 3.35. The number of anilines is 1. The second-order valence-electron chi connectivity index (χ2n) is 3.32. The van der Waals surface area contributed by atoms with E-state index in [2.05, 4.69) is 26.3 Å². The fraction of sp³-hybridized carbons (Fsp3) is 0.0909. The molecule has 0 aliphatic carbocycles. The van der Waals surface area contributed by atoms with Crippen LogP contribution >= 0.6 is 15.9 Å². The van der Waals surface area contributed by atoms with Crippen molar-refractivity contribution in [2.75, 3.05) is 5.32 Å². The Balaban J connectivity index is 2.07. The Labute approximate surface area is 101 Å². The fourth-order valence-corrected chi connectivity index (χ4v) is 1.71. The van der Waals surface area contributed by atoms with Gasteiger partial charge in [0.05, 0.1) is 17.2 Å². The van der Waals surface area contributed by atoms with Crippen LogP contribution in [0.1, 0.15) is 5.56 Å². The van der Waals surface area contributed by atoms with Crippen LogP contribution in [0.5, 0.6) is 0 Å². The lowest BCUT2D eigenvalue weighted by molar-refractivity contribution is -0.105. The van der Waals surface area contributed by atoms with E-state index in [1.165, 1.54) is 0 Å². The predicted octanol–water partition coefficient (Wildman–Crippen LogP) is 2.26. The molecule has 4 nitrogen and oxygen atoms in total. The second kappa shape index (κ2) is 4.94. The van der Waals surface area contributed by atoms with Crippen LogP contribution in [0.15, 0.2) is 41.1 Å². The molecule has 1 aromatic heterocycles. The van der Waals surface area contributed by atoms with Crippen LogP contribution in [0.4, 0.5) is 5.69 Å². The van der Waals surface area contributed by atoms with Crippen LogP contribution in [-0.2, 0) is 11.3 Å². The van der Waals surface area contributed by atoms with E-state index in [9.17, 15) is 4.79 Å². The number of amides is 1. The number of hydrogen-bond donors (Lipinski definition) is 1. The number of rotatable bonds is 4. The summed E-state index contributed by atoms with van der Waals surface area (Å²) in [6.45, 7) is 0.715. The van der Waals surface area contributed by atoms with Crippen molar-refractivity contribution < 1.29 is 4.79 Å². The average molecular weight is 280 g/mol. The number of benzene rings is 1. The monoisotopic (exact) mass is 279 g/mol. The largest absolute Gasteiger partial charge is 0.329 e. The van der Waals surface area contributed by atoms with Crippen molar-refractivity contribution in [1.82, 2.24) is 9.78 Å². The van der Waals surface area contributed by atoms with Gasteiger partial charge in [0.15, 0.2) is 0 Å². The quantitative estimate of drug-likeness (QED) is 0.873. The van der Waals surface area contributed by atoms with Crippen molar-refractivity contribution in [2.24, 2.45) is 0 Å². The van der Waals surface area contributed by atoms with E-state index in [4.69, 9.17) is 0 Å². The van der Waals surface area contributed by atoms with E-state index < -0.39 is 0 Å². The first-order valence-corrected chi connectivity index (χ1v) is 5.54. The fourth-order valence-electron chi connectivity index (χ4n) is 1.39. The summed E-state index contributed by atoms with van der Waals surface area (Å²) in [5.41, 5.74) is 1.92. The van der Waals surface area contributed by atoms with Crippen molar-refractivity contribution in [2.45, 2.75) is 6.54 Å². The van der Waals surface area contributed by atoms with E-state index >= 15 is 0 Å². The average Bonchev–Trinajstić information content (AvgIpc) is 2.67. The molecule has 2 aromatic rings. The molecule has 0 fully saturated rings. The molecule has 1 amide bonds. The number of aromatic nitrogens is 2. The standard InChI is InChI=1S/C11H10BrN3O/c12-10-5-14-15(7-10)6-9-1-3-11(4-2-9)13-8-16/h1-5,7-8H,6H2,(H,13,16). The molecule has 0 saturated carbocycles. The third-order valence-electron chi connectivity index (χ3n) is 2.13. The minimum absolute atomic E-state index is 0.666. The minimum Gasteiger partial charge on any atom is -0.329 e. The van der Waals surface area contributed by atoms with Gasteiger partial charge in [-0.3, -0.25) is 9.48 Å². The van der Waals surface area contributed by atoms with Gasteiger partial charge >= 0.3 is 0 Å². The molecule has 0 saturated heterocycles. The Morgan fingerprint density at radius 1 is 1.38 bits per heavy atom. The molecule has 2 rings (SSSR count). The summed E-state index contributed by atoms with van der Waals surface area (Å²) in [6, 6.07) is 7.65. The molecule has 82 valence electrons. The lowest BCUT2D eigenvalue weighted by atomic mass is 10.2. The SMILES string of the molecule is O=CNc1ccc(Cn2cc(Br)cn2)cc1. The summed E-state index contributed by atoms with van der Waals surface area (Å²) in [5, 5.41) is 6.76. The normalized spacial score (nSPS) is 10.1. The van der Waals surface area contributed by atoms with Gasteiger partial charge in [-0.05, 0) is 33.6 Å². The maximum Gasteiger partial charge on any atom is 0.211 e. The molecule has 1 N–H and O–H groups in total. The topological polar surface area (TPSA) is 46.9 Å².